The summed E-state index contributed by atoms with van der Waals surface area (Å²) >= 11 is 0. The number of nitrogens with zero attached hydrogens (tertiary/aromatic N) is 1. The largest absolute Gasteiger partial charge is 0.243 e. The Morgan fingerprint density at radius 3 is 2.00 bits per heavy atom. The van der Waals surface area contributed by atoms with Crippen molar-refractivity contribution in [1.29, 1.82) is 0 Å². The molecule has 3 nitrogen and oxygen atoms in total. The standard InChI is InChI=1S/C23H23NO2S/c1-19-13-15-23(16-14-19)27(25,26)24(18-21-9-5-3-6-10-21)17-20(2)22-11-7-4-8-12-22/h3-16H,2,17-18H2,1H3. The molecule has 0 unspecified atom stereocenters. The zero-order valence-corrected chi connectivity index (χ0v) is 16.2. The fourth-order valence-corrected chi connectivity index (χ4v) is 4.27. The fraction of sp³-hybridized carbons (Fsp3) is 0.130. The van der Waals surface area contributed by atoms with Crippen LogP contribution in [0.15, 0.2) is 96.4 Å². The van der Waals surface area contributed by atoms with Crippen LogP contribution in [-0.2, 0) is 16.6 Å². The van der Waals surface area contributed by atoms with Crippen LogP contribution in [0.2, 0.25) is 0 Å². The van der Waals surface area contributed by atoms with Crippen LogP contribution in [0.3, 0.4) is 0 Å². The van der Waals surface area contributed by atoms with Gasteiger partial charge in [0, 0.05) is 13.1 Å². The van der Waals surface area contributed by atoms with Crippen molar-refractivity contribution in [3.05, 3.63) is 108 Å². The lowest BCUT2D eigenvalue weighted by atomic mass is 10.1. The number of hydrogen-bond acceptors (Lipinski definition) is 2. The average Bonchev–Trinajstić information content (AvgIpc) is 2.69. The van der Waals surface area contributed by atoms with E-state index < -0.39 is 10.0 Å². The van der Waals surface area contributed by atoms with E-state index in [-0.39, 0.29) is 6.54 Å². The zero-order chi connectivity index (χ0) is 19.3. The van der Waals surface area contributed by atoms with Gasteiger partial charge in [-0.2, -0.15) is 4.31 Å². The number of sulfonamides is 1. The molecule has 0 saturated carbocycles. The maximum absolute atomic E-state index is 13.3. The van der Waals surface area contributed by atoms with Crippen LogP contribution in [0.4, 0.5) is 0 Å². The molecule has 0 N–H and O–H groups in total. The molecular weight excluding hydrogens is 354 g/mol. The third kappa shape index (κ3) is 4.73. The molecule has 0 heterocycles. The van der Waals surface area contributed by atoms with Crippen molar-refractivity contribution in [2.75, 3.05) is 6.54 Å². The molecule has 0 saturated heterocycles. The molecule has 3 aromatic carbocycles. The highest BCUT2D eigenvalue weighted by Gasteiger charge is 2.25. The van der Waals surface area contributed by atoms with Crippen molar-refractivity contribution in [3.8, 4) is 0 Å². The second-order valence-electron chi connectivity index (χ2n) is 6.54. The summed E-state index contributed by atoms with van der Waals surface area (Å²) in [6.45, 7) is 6.59. The number of hydrogen-bond donors (Lipinski definition) is 0. The minimum Gasteiger partial charge on any atom is -0.207 e. The lowest BCUT2D eigenvalue weighted by Gasteiger charge is -2.23. The van der Waals surface area contributed by atoms with E-state index in [2.05, 4.69) is 6.58 Å². The zero-order valence-electron chi connectivity index (χ0n) is 15.4. The molecule has 0 fully saturated rings. The van der Waals surface area contributed by atoms with Gasteiger partial charge in [-0.05, 0) is 35.8 Å². The van der Waals surface area contributed by atoms with Gasteiger partial charge < -0.3 is 0 Å². The molecule has 0 aliphatic heterocycles. The Morgan fingerprint density at radius 2 is 1.41 bits per heavy atom. The van der Waals surface area contributed by atoms with Gasteiger partial charge in [-0.1, -0.05) is 84.9 Å². The Kier molecular flexibility index (Phi) is 5.89. The maximum atomic E-state index is 13.3. The van der Waals surface area contributed by atoms with Crippen molar-refractivity contribution in [2.24, 2.45) is 0 Å². The smallest absolute Gasteiger partial charge is 0.207 e. The van der Waals surface area contributed by atoms with Gasteiger partial charge in [-0.3, -0.25) is 0 Å². The Morgan fingerprint density at radius 1 is 0.852 bits per heavy atom. The Balaban J connectivity index is 1.94. The highest BCUT2D eigenvalue weighted by Crippen LogP contribution is 2.23. The third-order valence-electron chi connectivity index (χ3n) is 4.41. The molecule has 0 atom stereocenters. The number of aryl methyl sites for hydroxylation is 1. The molecule has 0 aromatic heterocycles. The summed E-state index contributed by atoms with van der Waals surface area (Å²) in [5.41, 5.74) is 3.67. The van der Waals surface area contributed by atoms with E-state index in [1.807, 2.05) is 79.7 Å². The van der Waals surface area contributed by atoms with Crippen molar-refractivity contribution >= 4 is 15.6 Å². The van der Waals surface area contributed by atoms with Gasteiger partial charge in [0.05, 0.1) is 4.90 Å². The van der Waals surface area contributed by atoms with Crippen molar-refractivity contribution < 1.29 is 8.42 Å². The summed E-state index contributed by atoms with van der Waals surface area (Å²) in [6, 6.07) is 26.3. The summed E-state index contributed by atoms with van der Waals surface area (Å²) in [7, 11) is -3.65. The monoisotopic (exact) mass is 377 g/mol. The van der Waals surface area contributed by atoms with Crippen LogP contribution in [0.5, 0.6) is 0 Å². The van der Waals surface area contributed by atoms with Crippen molar-refractivity contribution in [3.63, 3.8) is 0 Å². The van der Waals surface area contributed by atoms with Gasteiger partial charge >= 0.3 is 0 Å². The minimum absolute atomic E-state index is 0.231. The van der Waals surface area contributed by atoms with E-state index in [4.69, 9.17) is 0 Å². The second kappa shape index (κ2) is 8.33. The van der Waals surface area contributed by atoms with Gasteiger partial charge in [-0.15, -0.1) is 0 Å². The highest BCUT2D eigenvalue weighted by molar-refractivity contribution is 7.89. The molecular formula is C23H23NO2S. The first-order valence-electron chi connectivity index (χ1n) is 8.81. The Hall–Kier alpha value is -2.69. The molecule has 0 spiro atoms. The van der Waals surface area contributed by atoms with E-state index in [0.717, 1.165) is 22.3 Å². The minimum atomic E-state index is -3.65. The first-order chi connectivity index (χ1) is 13.0. The Bertz CT molecular complexity index is 995. The van der Waals surface area contributed by atoms with Gasteiger partial charge in [0.15, 0.2) is 0 Å². The summed E-state index contributed by atoms with van der Waals surface area (Å²) in [4.78, 5) is 0.296. The van der Waals surface area contributed by atoms with Gasteiger partial charge in [0.2, 0.25) is 10.0 Å². The van der Waals surface area contributed by atoms with Crippen molar-refractivity contribution in [2.45, 2.75) is 18.4 Å². The summed E-state index contributed by atoms with van der Waals surface area (Å²) in [5, 5.41) is 0. The predicted molar refractivity (Wildman–Crippen MR) is 111 cm³/mol. The van der Waals surface area contributed by atoms with Crippen LogP contribution in [-0.4, -0.2) is 19.3 Å². The van der Waals surface area contributed by atoms with Crippen LogP contribution >= 0.6 is 0 Å². The molecule has 0 aliphatic carbocycles. The van der Waals surface area contributed by atoms with E-state index in [1.165, 1.54) is 4.31 Å². The first kappa shape index (κ1) is 19.1. The molecule has 138 valence electrons. The predicted octanol–water partition coefficient (Wildman–Crippen LogP) is 4.90. The molecule has 0 radical (unpaired) electrons. The van der Waals surface area contributed by atoms with E-state index in [9.17, 15) is 8.42 Å². The van der Waals surface area contributed by atoms with Gasteiger partial charge in [0.1, 0.15) is 0 Å². The number of benzene rings is 3. The van der Waals surface area contributed by atoms with Crippen molar-refractivity contribution in [1.82, 2.24) is 4.31 Å². The third-order valence-corrected chi connectivity index (χ3v) is 6.22. The first-order valence-corrected chi connectivity index (χ1v) is 10.2. The highest BCUT2D eigenvalue weighted by atomic mass is 32.2. The average molecular weight is 378 g/mol. The van der Waals surface area contributed by atoms with Gasteiger partial charge in [-0.25, -0.2) is 8.42 Å². The fourth-order valence-electron chi connectivity index (χ4n) is 2.85. The quantitative estimate of drug-likeness (QED) is 0.587. The molecule has 3 aromatic rings. The molecule has 3 rings (SSSR count). The number of rotatable bonds is 7. The lowest BCUT2D eigenvalue weighted by Crippen LogP contribution is -2.32. The molecule has 4 heteroatoms. The molecule has 0 amide bonds. The summed E-state index contributed by atoms with van der Waals surface area (Å²) in [6.07, 6.45) is 0. The van der Waals surface area contributed by atoms with Crippen LogP contribution in [0.1, 0.15) is 16.7 Å². The van der Waals surface area contributed by atoms with Gasteiger partial charge in [0.25, 0.3) is 0 Å². The summed E-state index contributed by atoms with van der Waals surface area (Å²) in [5.74, 6) is 0. The second-order valence-corrected chi connectivity index (χ2v) is 8.48. The van der Waals surface area contributed by atoms with E-state index >= 15 is 0 Å². The summed E-state index contributed by atoms with van der Waals surface area (Å²) < 4.78 is 28.1. The topological polar surface area (TPSA) is 37.4 Å². The maximum Gasteiger partial charge on any atom is 0.243 e. The normalized spacial score (nSPS) is 11.5. The Labute approximate surface area is 161 Å². The molecule has 0 aliphatic rings. The van der Waals surface area contributed by atoms with E-state index in [1.54, 1.807) is 12.1 Å². The molecule has 27 heavy (non-hydrogen) atoms. The van der Waals surface area contributed by atoms with Crippen LogP contribution in [0, 0.1) is 6.92 Å². The van der Waals surface area contributed by atoms with Crippen LogP contribution in [0.25, 0.3) is 5.57 Å². The van der Waals surface area contributed by atoms with Crippen LogP contribution < -0.4 is 0 Å². The van der Waals surface area contributed by atoms with E-state index in [0.29, 0.717) is 11.4 Å². The molecule has 0 bridgehead atoms. The SMILES string of the molecule is C=C(CN(Cc1ccccc1)S(=O)(=O)c1ccc(C)cc1)c1ccccc1. The lowest BCUT2D eigenvalue weighted by molar-refractivity contribution is 0.442.